The summed E-state index contributed by atoms with van der Waals surface area (Å²) in [6.45, 7) is 4.23. The fraction of sp³-hybridized carbons (Fsp3) is 0.600. The Morgan fingerprint density at radius 1 is 1.12 bits per heavy atom. The van der Waals surface area contributed by atoms with Crippen molar-refractivity contribution in [3.63, 3.8) is 0 Å². The van der Waals surface area contributed by atoms with Crippen molar-refractivity contribution < 1.29 is 0 Å². The zero-order valence-corrected chi connectivity index (χ0v) is 10.9. The predicted octanol–water partition coefficient (Wildman–Crippen LogP) is 3.17. The number of anilines is 1. The van der Waals surface area contributed by atoms with Crippen LogP contribution in [-0.2, 0) is 0 Å². The van der Waals surface area contributed by atoms with Gasteiger partial charge in [-0.05, 0) is 31.9 Å². The van der Waals surface area contributed by atoms with Crippen molar-refractivity contribution >= 4 is 5.69 Å². The van der Waals surface area contributed by atoms with Gasteiger partial charge in [-0.2, -0.15) is 0 Å². The molecule has 2 heteroatoms. The number of rotatable bonds is 4. The molecule has 0 aromatic heterocycles. The van der Waals surface area contributed by atoms with Gasteiger partial charge in [0.05, 0.1) is 0 Å². The highest BCUT2D eigenvalue weighted by Gasteiger charge is 2.29. The van der Waals surface area contributed by atoms with E-state index in [4.69, 9.17) is 5.73 Å². The van der Waals surface area contributed by atoms with E-state index in [1.807, 2.05) is 0 Å². The third-order valence-corrected chi connectivity index (χ3v) is 3.86. The number of nitrogens with zero attached hydrogens (tertiary/aromatic N) is 1. The number of likely N-dealkylation sites (N-methyl/N-ethyl adjacent to an activating group) is 1. The maximum Gasteiger partial charge on any atom is 0.0366 e. The van der Waals surface area contributed by atoms with Crippen molar-refractivity contribution in [2.45, 2.75) is 44.6 Å². The Bertz CT molecular complexity index is 328. The van der Waals surface area contributed by atoms with Crippen molar-refractivity contribution in [1.29, 1.82) is 0 Å². The summed E-state index contributed by atoms with van der Waals surface area (Å²) in [4.78, 5) is 2.41. The zero-order valence-electron chi connectivity index (χ0n) is 10.9. The van der Waals surface area contributed by atoms with Crippen LogP contribution in [0.25, 0.3) is 0 Å². The van der Waals surface area contributed by atoms with Crippen LogP contribution in [0.1, 0.15) is 39.0 Å². The summed E-state index contributed by atoms with van der Waals surface area (Å²) in [6.07, 6.45) is 6.30. The van der Waals surface area contributed by atoms with Crippen LogP contribution in [0.5, 0.6) is 0 Å². The summed E-state index contributed by atoms with van der Waals surface area (Å²) in [5.41, 5.74) is 7.86. The second-order valence-corrected chi connectivity index (χ2v) is 5.27. The average Bonchev–Trinajstić information content (AvgIpc) is 2.38. The van der Waals surface area contributed by atoms with Crippen LogP contribution in [0, 0.1) is 0 Å². The predicted molar refractivity (Wildman–Crippen MR) is 74.3 cm³/mol. The Morgan fingerprint density at radius 2 is 1.76 bits per heavy atom. The lowest BCUT2D eigenvalue weighted by Gasteiger charge is -2.38. The maximum absolute atomic E-state index is 6.53. The van der Waals surface area contributed by atoms with E-state index in [1.165, 1.54) is 37.8 Å². The lowest BCUT2D eigenvalue weighted by atomic mass is 9.82. The maximum atomic E-state index is 6.53. The van der Waals surface area contributed by atoms with Crippen LogP contribution in [0.3, 0.4) is 0 Å². The van der Waals surface area contributed by atoms with E-state index in [0.29, 0.717) is 0 Å². The molecule has 1 aromatic carbocycles. The molecule has 0 heterocycles. The highest BCUT2D eigenvalue weighted by atomic mass is 15.1. The SMILES string of the molecule is CCN(CC1(N)CCCCC1)c1ccccc1. The zero-order chi connectivity index (χ0) is 12.1. The second kappa shape index (κ2) is 5.54. The molecule has 1 fully saturated rings. The van der Waals surface area contributed by atoms with Gasteiger partial charge in [-0.1, -0.05) is 37.5 Å². The van der Waals surface area contributed by atoms with Crippen molar-refractivity contribution in [3.05, 3.63) is 30.3 Å². The lowest BCUT2D eigenvalue weighted by molar-refractivity contribution is 0.298. The van der Waals surface area contributed by atoms with Gasteiger partial charge in [0.1, 0.15) is 0 Å². The Labute approximate surface area is 105 Å². The molecule has 2 nitrogen and oxygen atoms in total. The summed E-state index contributed by atoms with van der Waals surface area (Å²) in [5, 5.41) is 0. The molecule has 0 amide bonds. The first-order chi connectivity index (χ1) is 8.23. The smallest absolute Gasteiger partial charge is 0.0366 e. The molecular weight excluding hydrogens is 208 g/mol. The van der Waals surface area contributed by atoms with E-state index in [2.05, 4.69) is 42.2 Å². The first-order valence-corrected chi connectivity index (χ1v) is 6.82. The fourth-order valence-corrected chi connectivity index (χ4v) is 2.82. The molecule has 17 heavy (non-hydrogen) atoms. The van der Waals surface area contributed by atoms with Gasteiger partial charge in [-0.15, -0.1) is 0 Å². The molecule has 1 aromatic rings. The van der Waals surface area contributed by atoms with Crippen molar-refractivity contribution in [2.75, 3.05) is 18.0 Å². The third kappa shape index (κ3) is 3.22. The highest BCUT2D eigenvalue weighted by molar-refractivity contribution is 5.46. The summed E-state index contributed by atoms with van der Waals surface area (Å²) < 4.78 is 0. The van der Waals surface area contributed by atoms with Crippen LogP contribution in [-0.4, -0.2) is 18.6 Å². The molecule has 0 spiro atoms. The molecule has 1 aliphatic rings. The molecule has 2 N–H and O–H groups in total. The second-order valence-electron chi connectivity index (χ2n) is 5.27. The monoisotopic (exact) mass is 232 g/mol. The van der Waals surface area contributed by atoms with Gasteiger partial charge in [-0.25, -0.2) is 0 Å². The summed E-state index contributed by atoms with van der Waals surface area (Å²) >= 11 is 0. The van der Waals surface area contributed by atoms with Crippen molar-refractivity contribution in [2.24, 2.45) is 5.73 Å². The molecule has 1 aliphatic carbocycles. The minimum absolute atomic E-state index is 0.0318. The Hall–Kier alpha value is -1.02. The van der Waals surface area contributed by atoms with Crippen LogP contribution in [0.4, 0.5) is 5.69 Å². The molecule has 0 radical (unpaired) electrons. The van der Waals surface area contributed by atoms with Gasteiger partial charge in [0.2, 0.25) is 0 Å². The quantitative estimate of drug-likeness (QED) is 0.864. The Balaban J connectivity index is 2.04. The molecule has 1 saturated carbocycles. The number of nitrogens with two attached hydrogens (primary N) is 1. The van der Waals surface area contributed by atoms with E-state index < -0.39 is 0 Å². The molecule has 2 rings (SSSR count). The van der Waals surface area contributed by atoms with E-state index in [-0.39, 0.29) is 5.54 Å². The molecule has 0 unspecified atom stereocenters. The van der Waals surface area contributed by atoms with E-state index in [1.54, 1.807) is 0 Å². The van der Waals surface area contributed by atoms with Gasteiger partial charge in [0, 0.05) is 24.3 Å². The van der Waals surface area contributed by atoms with Crippen molar-refractivity contribution in [1.82, 2.24) is 0 Å². The van der Waals surface area contributed by atoms with Crippen LogP contribution < -0.4 is 10.6 Å². The van der Waals surface area contributed by atoms with Crippen LogP contribution in [0.2, 0.25) is 0 Å². The fourth-order valence-electron chi connectivity index (χ4n) is 2.82. The number of hydrogen-bond donors (Lipinski definition) is 1. The summed E-state index contributed by atoms with van der Waals surface area (Å²) in [6, 6.07) is 10.6. The third-order valence-electron chi connectivity index (χ3n) is 3.86. The lowest BCUT2D eigenvalue weighted by Crippen LogP contribution is -2.51. The standard InChI is InChI=1S/C15H24N2/c1-2-17(14-9-5-3-6-10-14)13-15(16)11-7-4-8-12-15/h3,5-6,9-10H,2,4,7-8,11-13,16H2,1H3. The van der Waals surface area contributed by atoms with Crippen molar-refractivity contribution in [3.8, 4) is 0 Å². The number of benzene rings is 1. The minimum atomic E-state index is 0.0318. The minimum Gasteiger partial charge on any atom is -0.370 e. The van der Waals surface area contributed by atoms with Gasteiger partial charge >= 0.3 is 0 Å². The van der Waals surface area contributed by atoms with Gasteiger partial charge in [0.25, 0.3) is 0 Å². The van der Waals surface area contributed by atoms with Crippen LogP contribution >= 0.6 is 0 Å². The average molecular weight is 232 g/mol. The van der Waals surface area contributed by atoms with Crippen LogP contribution in [0.15, 0.2) is 30.3 Å². The van der Waals surface area contributed by atoms with Gasteiger partial charge < -0.3 is 10.6 Å². The topological polar surface area (TPSA) is 29.3 Å². The Morgan fingerprint density at radius 3 is 2.35 bits per heavy atom. The molecule has 94 valence electrons. The summed E-state index contributed by atoms with van der Waals surface area (Å²) in [7, 11) is 0. The molecule has 0 aliphatic heterocycles. The van der Waals surface area contributed by atoms with E-state index in [0.717, 1.165) is 13.1 Å². The highest BCUT2D eigenvalue weighted by Crippen LogP contribution is 2.28. The van der Waals surface area contributed by atoms with E-state index >= 15 is 0 Å². The Kier molecular flexibility index (Phi) is 4.06. The number of hydrogen-bond acceptors (Lipinski definition) is 2. The van der Waals surface area contributed by atoms with Gasteiger partial charge in [-0.3, -0.25) is 0 Å². The van der Waals surface area contributed by atoms with Gasteiger partial charge in [0.15, 0.2) is 0 Å². The molecule has 0 atom stereocenters. The number of para-hydroxylation sites is 1. The first-order valence-electron chi connectivity index (χ1n) is 6.82. The molecule has 0 saturated heterocycles. The normalized spacial score (nSPS) is 18.9. The molecular formula is C15H24N2. The largest absolute Gasteiger partial charge is 0.370 e. The molecule has 0 bridgehead atoms. The summed E-state index contributed by atoms with van der Waals surface area (Å²) in [5.74, 6) is 0. The van der Waals surface area contributed by atoms with E-state index in [9.17, 15) is 0 Å². The first kappa shape index (κ1) is 12.4.